The van der Waals surface area contributed by atoms with Gasteiger partial charge in [0.05, 0.1) is 23.4 Å². The zero-order chi connectivity index (χ0) is 13.8. The first-order valence-electron chi connectivity index (χ1n) is 5.53. The summed E-state index contributed by atoms with van der Waals surface area (Å²) >= 11 is 9.26. The van der Waals surface area contributed by atoms with Crippen LogP contribution in [-0.4, -0.2) is 17.6 Å². The molecule has 2 aromatic rings. The first-order chi connectivity index (χ1) is 9.09. The number of amides is 1. The van der Waals surface area contributed by atoms with Crippen molar-refractivity contribution in [1.82, 2.24) is 5.32 Å². The number of hydrogen-bond donors (Lipinski definition) is 2. The highest BCUT2D eigenvalue weighted by molar-refractivity contribution is 9.10. The summed E-state index contributed by atoms with van der Waals surface area (Å²) < 4.78 is 5.69. The van der Waals surface area contributed by atoms with Crippen LogP contribution >= 0.6 is 27.5 Å². The molecule has 0 spiro atoms. The van der Waals surface area contributed by atoms with Crippen LogP contribution in [0.5, 0.6) is 0 Å². The first-order valence-corrected chi connectivity index (χ1v) is 6.70. The number of aliphatic hydroxyl groups excluding tert-OH is 1. The molecule has 0 fully saturated rings. The SMILES string of the molecule is O=C(NC[C@H](O)c1ccco1)c1cccc(Br)c1Cl. The van der Waals surface area contributed by atoms with Crippen molar-refractivity contribution in [3.8, 4) is 0 Å². The minimum absolute atomic E-state index is 0.0508. The fourth-order valence-corrected chi connectivity index (χ4v) is 2.12. The van der Waals surface area contributed by atoms with Crippen molar-refractivity contribution in [3.63, 3.8) is 0 Å². The van der Waals surface area contributed by atoms with Crippen LogP contribution < -0.4 is 5.32 Å². The minimum Gasteiger partial charge on any atom is -0.467 e. The monoisotopic (exact) mass is 343 g/mol. The summed E-state index contributed by atoms with van der Waals surface area (Å²) in [6.45, 7) is 0.0508. The quantitative estimate of drug-likeness (QED) is 0.895. The molecule has 1 amide bonds. The van der Waals surface area contributed by atoms with Crippen molar-refractivity contribution in [1.29, 1.82) is 0 Å². The molecule has 0 bridgehead atoms. The second kappa shape index (κ2) is 6.23. The van der Waals surface area contributed by atoms with Crippen LogP contribution in [0.1, 0.15) is 22.2 Å². The van der Waals surface area contributed by atoms with Crippen molar-refractivity contribution in [3.05, 3.63) is 57.4 Å². The van der Waals surface area contributed by atoms with Gasteiger partial charge in [-0.15, -0.1) is 0 Å². The van der Waals surface area contributed by atoms with E-state index < -0.39 is 6.10 Å². The van der Waals surface area contributed by atoms with E-state index in [4.69, 9.17) is 16.0 Å². The molecular formula is C13H11BrClNO3. The number of furan rings is 1. The van der Waals surface area contributed by atoms with E-state index in [9.17, 15) is 9.90 Å². The van der Waals surface area contributed by atoms with E-state index in [0.29, 0.717) is 20.8 Å². The maximum absolute atomic E-state index is 11.9. The lowest BCUT2D eigenvalue weighted by Gasteiger charge is -2.10. The van der Waals surface area contributed by atoms with Crippen molar-refractivity contribution < 1.29 is 14.3 Å². The van der Waals surface area contributed by atoms with Crippen LogP contribution in [0.2, 0.25) is 5.02 Å². The summed E-state index contributed by atoms with van der Waals surface area (Å²) in [5, 5.41) is 12.7. The molecule has 1 aromatic carbocycles. The van der Waals surface area contributed by atoms with Crippen molar-refractivity contribution in [2.24, 2.45) is 0 Å². The van der Waals surface area contributed by atoms with E-state index in [-0.39, 0.29) is 12.5 Å². The van der Waals surface area contributed by atoms with Gasteiger partial charge in [-0.2, -0.15) is 0 Å². The fraction of sp³-hybridized carbons (Fsp3) is 0.154. The minimum atomic E-state index is -0.884. The standard InChI is InChI=1S/C13H11BrClNO3/c14-9-4-1-3-8(12(9)15)13(18)16-7-10(17)11-5-2-6-19-11/h1-6,10,17H,7H2,(H,16,18)/t10-/m0/s1. The number of carbonyl (C=O) groups excluding carboxylic acids is 1. The molecule has 0 saturated carbocycles. The van der Waals surface area contributed by atoms with Crippen LogP contribution in [0.25, 0.3) is 0 Å². The van der Waals surface area contributed by atoms with Gasteiger partial charge in [0.2, 0.25) is 0 Å². The molecule has 0 radical (unpaired) electrons. The van der Waals surface area contributed by atoms with E-state index in [1.165, 1.54) is 6.26 Å². The average Bonchev–Trinajstić information content (AvgIpc) is 2.93. The second-order valence-corrected chi connectivity index (χ2v) is 5.07. The Hall–Kier alpha value is -1.30. The number of nitrogens with one attached hydrogen (secondary N) is 1. The van der Waals surface area contributed by atoms with Crippen molar-refractivity contribution in [2.75, 3.05) is 6.54 Å². The highest BCUT2D eigenvalue weighted by Gasteiger charge is 2.15. The lowest BCUT2D eigenvalue weighted by molar-refractivity contribution is 0.0901. The molecule has 0 aliphatic heterocycles. The van der Waals surface area contributed by atoms with Crippen LogP contribution in [-0.2, 0) is 0 Å². The summed E-state index contributed by atoms with van der Waals surface area (Å²) in [7, 11) is 0. The Morgan fingerprint density at radius 3 is 2.89 bits per heavy atom. The molecule has 4 nitrogen and oxygen atoms in total. The average molecular weight is 345 g/mol. The topological polar surface area (TPSA) is 62.5 Å². The number of halogens is 2. The van der Waals surface area contributed by atoms with Gasteiger partial charge >= 0.3 is 0 Å². The Bertz CT molecular complexity index is 571. The Labute approximate surface area is 123 Å². The summed E-state index contributed by atoms with van der Waals surface area (Å²) in [6, 6.07) is 8.39. The maximum atomic E-state index is 11.9. The summed E-state index contributed by atoms with van der Waals surface area (Å²) in [5.41, 5.74) is 0.350. The lowest BCUT2D eigenvalue weighted by atomic mass is 10.2. The Kier molecular flexibility index (Phi) is 4.63. The number of hydrogen-bond acceptors (Lipinski definition) is 3. The van der Waals surface area contributed by atoms with Gasteiger partial charge in [-0.25, -0.2) is 0 Å². The summed E-state index contributed by atoms with van der Waals surface area (Å²) in [4.78, 5) is 11.9. The normalized spacial score (nSPS) is 12.2. The molecule has 19 heavy (non-hydrogen) atoms. The Balaban J connectivity index is 2.00. The maximum Gasteiger partial charge on any atom is 0.252 e. The molecule has 2 rings (SSSR count). The third-order valence-electron chi connectivity index (χ3n) is 2.52. The van der Waals surface area contributed by atoms with Crippen molar-refractivity contribution in [2.45, 2.75) is 6.10 Å². The van der Waals surface area contributed by atoms with Gasteiger partial charge in [0.15, 0.2) is 0 Å². The lowest BCUT2D eigenvalue weighted by Crippen LogP contribution is -2.28. The molecule has 100 valence electrons. The summed E-state index contributed by atoms with van der Waals surface area (Å²) in [6.07, 6.45) is 0.579. The third kappa shape index (κ3) is 3.37. The number of aliphatic hydroxyl groups is 1. The number of carbonyl (C=O) groups is 1. The van der Waals surface area contributed by atoms with E-state index in [2.05, 4.69) is 21.2 Å². The Morgan fingerprint density at radius 1 is 1.42 bits per heavy atom. The van der Waals surface area contributed by atoms with Gasteiger partial charge in [-0.05, 0) is 40.2 Å². The molecule has 0 unspecified atom stereocenters. The van der Waals surface area contributed by atoms with Gasteiger partial charge in [0.25, 0.3) is 5.91 Å². The van der Waals surface area contributed by atoms with Crippen molar-refractivity contribution >= 4 is 33.4 Å². The smallest absolute Gasteiger partial charge is 0.252 e. The molecule has 2 N–H and O–H groups in total. The molecule has 6 heteroatoms. The predicted molar refractivity (Wildman–Crippen MR) is 75.2 cm³/mol. The molecule has 0 aliphatic rings. The van der Waals surface area contributed by atoms with E-state index in [0.717, 1.165) is 0 Å². The van der Waals surface area contributed by atoms with Gasteiger partial charge < -0.3 is 14.8 Å². The third-order valence-corrected chi connectivity index (χ3v) is 3.82. The van der Waals surface area contributed by atoms with E-state index in [1.807, 2.05) is 0 Å². The van der Waals surface area contributed by atoms with Gasteiger partial charge in [0, 0.05) is 4.47 Å². The zero-order valence-electron chi connectivity index (χ0n) is 9.77. The first kappa shape index (κ1) is 14.1. The highest BCUT2D eigenvalue weighted by Crippen LogP contribution is 2.25. The number of rotatable bonds is 4. The molecule has 1 aromatic heterocycles. The highest BCUT2D eigenvalue weighted by atomic mass is 79.9. The zero-order valence-corrected chi connectivity index (χ0v) is 12.1. The Morgan fingerprint density at radius 2 is 2.21 bits per heavy atom. The van der Waals surface area contributed by atoms with Gasteiger partial charge in [0.1, 0.15) is 11.9 Å². The number of benzene rings is 1. The van der Waals surface area contributed by atoms with E-state index >= 15 is 0 Å². The predicted octanol–water partition coefficient (Wildman–Crippen LogP) is 3.16. The van der Waals surface area contributed by atoms with Crippen LogP contribution in [0.15, 0.2) is 45.5 Å². The van der Waals surface area contributed by atoms with E-state index in [1.54, 1.807) is 30.3 Å². The molecular weight excluding hydrogens is 334 g/mol. The largest absolute Gasteiger partial charge is 0.467 e. The van der Waals surface area contributed by atoms with Gasteiger partial charge in [-0.3, -0.25) is 4.79 Å². The molecule has 0 saturated heterocycles. The second-order valence-electron chi connectivity index (χ2n) is 3.84. The summed E-state index contributed by atoms with van der Waals surface area (Å²) in [5.74, 6) is 0.0533. The van der Waals surface area contributed by atoms with Crippen LogP contribution in [0, 0.1) is 0 Å². The molecule has 0 aliphatic carbocycles. The molecule has 1 atom stereocenters. The van der Waals surface area contributed by atoms with Crippen LogP contribution in [0.4, 0.5) is 0 Å². The molecule has 1 heterocycles. The van der Waals surface area contributed by atoms with Gasteiger partial charge in [-0.1, -0.05) is 17.7 Å². The fourth-order valence-electron chi connectivity index (χ4n) is 1.55. The van der Waals surface area contributed by atoms with Crippen LogP contribution in [0.3, 0.4) is 0 Å².